The lowest BCUT2D eigenvalue weighted by Gasteiger charge is -2.13. The second kappa shape index (κ2) is 5.59. The number of nitrogens with zero attached hydrogens (tertiary/aromatic N) is 1. The third-order valence-electron chi connectivity index (χ3n) is 3.55. The average Bonchev–Trinajstić information content (AvgIpc) is 2.99. The van der Waals surface area contributed by atoms with Gasteiger partial charge in [0.25, 0.3) is 0 Å². The molecule has 0 saturated heterocycles. The van der Waals surface area contributed by atoms with Gasteiger partial charge in [-0.3, -0.25) is 4.79 Å². The Morgan fingerprint density at radius 1 is 1.32 bits per heavy atom. The number of hydrogen-bond donors (Lipinski definition) is 1. The number of phenolic OH excluding ortho intramolecular Hbond substituents is 1. The number of carbonyl (C=O) groups excluding carboxylic acids is 1. The van der Waals surface area contributed by atoms with Crippen molar-refractivity contribution in [1.29, 1.82) is 0 Å². The summed E-state index contributed by atoms with van der Waals surface area (Å²) >= 11 is 1.57. The summed E-state index contributed by atoms with van der Waals surface area (Å²) in [6.07, 6.45) is 1.78. The van der Waals surface area contributed by atoms with Gasteiger partial charge in [0.15, 0.2) is 5.76 Å². The molecule has 2 heterocycles. The summed E-state index contributed by atoms with van der Waals surface area (Å²) in [6.45, 7) is 2.51. The van der Waals surface area contributed by atoms with E-state index in [2.05, 4.69) is 0 Å². The highest BCUT2D eigenvalue weighted by molar-refractivity contribution is 7.11. The van der Waals surface area contributed by atoms with Crippen LogP contribution in [0, 0.1) is 6.92 Å². The standard InChI is InChI=1S/C17H17NO3S/c1-10-6-7-22-15(10)8-14-16(20)11-4-5-13(19)12(9-18(2)3)17(11)21-14/h4-8,19H,9H2,1-3H3. The number of hydrogen-bond acceptors (Lipinski definition) is 5. The fraction of sp³-hybridized carbons (Fsp3) is 0.235. The molecule has 3 rings (SSSR count). The number of allylic oxidation sites excluding steroid dienone is 1. The van der Waals surface area contributed by atoms with Crippen LogP contribution in [0.15, 0.2) is 29.3 Å². The van der Waals surface area contributed by atoms with Crippen molar-refractivity contribution < 1.29 is 14.6 Å². The van der Waals surface area contributed by atoms with Crippen molar-refractivity contribution in [3.8, 4) is 11.5 Å². The van der Waals surface area contributed by atoms with Crippen LogP contribution in [0.3, 0.4) is 0 Å². The molecule has 0 aliphatic carbocycles. The summed E-state index contributed by atoms with van der Waals surface area (Å²) in [5.41, 5.74) is 2.26. The van der Waals surface area contributed by atoms with Gasteiger partial charge >= 0.3 is 0 Å². The van der Waals surface area contributed by atoms with E-state index in [0.717, 1.165) is 10.4 Å². The molecule has 0 atom stereocenters. The zero-order chi connectivity index (χ0) is 15.9. The molecule has 22 heavy (non-hydrogen) atoms. The third kappa shape index (κ3) is 2.53. The fourth-order valence-electron chi connectivity index (χ4n) is 2.42. The lowest BCUT2D eigenvalue weighted by Crippen LogP contribution is -2.11. The molecule has 0 saturated carbocycles. The van der Waals surface area contributed by atoms with Crippen LogP contribution in [-0.4, -0.2) is 29.9 Å². The maximum atomic E-state index is 12.5. The first kappa shape index (κ1) is 14.8. The summed E-state index contributed by atoms with van der Waals surface area (Å²) in [6, 6.07) is 5.18. The number of aromatic hydroxyl groups is 1. The topological polar surface area (TPSA) is 49.8 Å². The van der Waals surface area contributed by atoms with Gasteiger partial charge in [0.2, 0.25) is 5.78 Å². The van der Waals surface area contributed by atoms with Crippen molar-refractivity contribution in [3.05, 3.63) is 50.9 Å². The zero-order valence-electron chi connectivity index (χ0n) is 12.7. The maximum absolute atomic E-state index is 12.5. The predicted octanol–water partition coefficient (Wildman–Crippen LogP) is 3.44. The molecule has 0 fully saturated rings. The summed E-state index contributed by atoms with van der Waals surface area (Å²) in [7, 11) is 3.81. The largest absolute Gasteiger partial charge is 0.507 e. The van der Waals surface area contributed by atoms with Crippen LogP contribution in [0.5, 0.6) is 11.5 Å². The van der Waals surface area contributed by atoms with E-state index < -0.39 is 0 Å². The van der Waals surface area contributed by atoms with Crippen molar-refractivity contribution >= 4 is 23.2 Å². The van der Waals surface area contributed by atoms with Crippen LogP contribution in [-0.2, 0) is 6.54 Å². The molecule has 0 amide bonds. The van der Waals surface area contributed by atoms with Crippen LogP contribution >= 0.6 is 11.3 Å². The van der Waals surface area contributed by atoms with Crippen LogP contribution < -0.4 is 4.74 Å². The Morgan fingerprint density at radius 2 is 2.09 bits per heavy atom. The normalized spacial score (nSPS) is 15.5. The van der Waals surface area contributed by atoms with E-state index >= 15 is 0 Å². The number of Topliss-reactive ketones (excluding diaryl/α,β-unsaturated/α-hetero) is 1. The Labute approximate surface area is 133 Å². The first-order chi connectivity index (χ1) is 10.5. The van der Waals surface area contributed by atoms with E-state index in [-0.39, 0.29) is 11.5 Å². The molecule has 4 nitrogen and oxygen atoms in total. The number of ether oxygens (including phenoxy) is 1. The Hall–Kier alpha value is -2.11. The van der Waals surface area contributed by atoms with E-state index in [4.69, 9.17) is 4.74 Å². The molecule has 0 bridgehead atoms. The highest BCUT2D eigenvalue weighted by Crippen LogP contribution is 2.40. The molecule has 114 valence electrons. The molecule has 1 aliphatic rings. The molecule has 1 aromatic heterocycles. The Kier molecular flexibility index (Phi) is 3.76. The molecule has 1 N–H and O–H groups in total. The molecule has 0 radical (unpaired) electrons. The minimum atomic E-state index is -0.136. The number of fused-ring (bicyclic) bond motifs is 1. The first-order valence-corrected chi connectivity index (χ1v) is 7.83. The predicted molar refractivity (Wildman–Crippen MR) is 87.5 cm³/mol. The van der Waals surface area contributed by atoms with E-state index in [1.54, 1.807) is 29.5 Å². The molecule has 2 aromatic rings. The van der Waals surface area contributed by atoms with Gasteiger partial charge in [0, 0.05) is 17.5 Å². The van der Waals surface area contributed by atoms with Gasteiger partial charge in [-0.25, -0.2) is 0 Å². The molecule has 1 aliphatic heterocycles. The highest BCUT2D eigenvalue weighted by Gasteiger charge is 2.31. The molecular formula is C17H17NO3S. The van der Waals surface area contributed by atoms with Gasteiger partial charge in [-0.15, -0.1) is 11.3 Å². The van der Waals surface area contributed by atoms with E-state index in [1.165, 1.54) is 0 Å². The summed E-state index contributed by atoms with van der Waals surface area (Å²) in [4.78, 5) is 15.4. The van der Waals surface area contributed by atoms with Crippen LogP contribution in [0.4, 0.5) is 0 Å². The number of thiophene rings is 1. The van der Waals surface area contributed by atoms with Crippen molar-refractivity contribution in [2.45, 2.75) is 13.5 Å². The first-order valence-electron chi connectivity index (χ1n) is 6.95. The lowest BCUT2D eigenvalue weighted by atomic mass is 10.0. The SMILES string of the molecule is Cc1ccsc1C=C1Oc2c(ccc(O)c2CN(C)C)C1=O. The Balaban J connectivity index is 2.04. The summed E-state index contributed by atoms with van der Waals surface area (Å²) in [5.74, 6) is 0.793. The lowest BCUT2D eigenvalue weighted by molar-refractivity contribution is 0.101. The van der Waals surface area contributed by atoms with Crippen molar-refractivity contribution in [2.75, 3.05) is 14.1 Å². The molecular weight excluding hydrogens is 298 g/mol. The zero-order valence-corrected chi connectivity index (χ0v) is 13.5. The van der Waals surface area contributed by atoms with Gasteiger partial charge in [0.1, 0.15) is 11.5 Å². The van der Waals surface area contributed by atoms with E-state index in [0.29, 0.717) is 29.2 Å². The van der Waals surface area contributed by atoms with Crippen LogP contribution in [0.1, 0.15) is 26.4 Å². The van der Waals surface area contributed by atoms with Gasteiger partial charge in [-0.05, 0) is 50.2 Å². The number of benzene rings is 1. The fourth-order valence-corrected chi connectivity index (χ4v) is 3.27. The molecule has 0 unspecified atom stereocenters. The van der Waals surface area contributed by atoms with Crippen molar-refractivity contribution in [1.82, 2.24) is 4.90 Å². The number of rotatable bonds is 3. The van der Waals surface area contributed by atoms with Crippen molar-refractivity contribution in [2.24, 2.45) is 0 Å². The number of aryl methyl sites for hydroxylation is 1. The van der Waals surface area contributed by atoms with Gasteiger partial charge in [0.05, 0.1) is 11.1 Å². The third-order valence-corrected chi connectivity index (χ3v) is 4.52. The van der Waals surface area contributed by atoms with Crippen LogP contribution in [0.25, 0.3) is 6.08 Å². The smallest absolute Gasteiger partial charge is 0.232 e. The van der Waals surface area contributed by atoms with Gasteiger partial charge < -0.3 is 14.7 Å². The van der Waals surface area contributed by atoms with E-state index in [9.17, 15) is 9.90 Å². The Morgan fingerprint density at radius 3 is 2.73 bits per heavy atom. The second-order valence-corrected chi connectivity index (χ2v) is 6.53. The Bertz CT molecular complexity index is 774. The quantitative estimate of drug-likeness (QED) is 0.882. The van der Waals surface area contributed by atoms with Crippen LogP contribution in [0.2, 0.25) is 0 Å². The van der Waals surface area contributed by atoms with Gasteiger partial charge in [-0.1, -0.05) is 0 Å². The van der Waals surface area contributed by atoms with Crippen molar-refractivity contribution in [3.63, 3.8) is 0 Å². The van der Waals surface area contributed by atoms with Gasteiger partial charge in [-0.2, -0.15) is 0 Å². The van der Waals surface area contributed by atoms with E-state index in [1.807, 2.05) is 37.4 Å². The number of carbonyl (C=O) groups is 1. The molecule has 5 heteroatoms. The maximum Gasteiger partial charge on any atom is 0.232 e. The number of ketones is 1. The second-order valence-electron chi connectivity index (χ2n) is 5.59. The highest BCUT2D eigenvalue weighted by atomic mass is 32.1. The molecule has 1 aromatic carbocycles. The number of phenols is 1. The summed E-state index contributed by atoms with van der Waals surface area (Å²) in [5, 5.41) is 12.0. The summed E-state index contributed by atoms with van der Waals surface area (Å²) < 4.78 is 5.79. The minimum absolute atomic E-state index is 0.136. The average molecular weight is 315 g/mol. The minimum Gasteiger partial charge on any atom is -0.507 e. The molecule has 0 spiro atoms. The monoisotopic (exact) mass is 315 g/mol.